The molecule has 0 radical (unpaired) electrons. The van der Waals surface area contributed by atoms with Crippen molar-refractivity contribution in [3.8, 4) is 0 Å². The normalized spacial score (nSPS) is 10.0. The lowest BCUT2D eigenvalue weighted by atomic mass is 10.1. The fourth-order valence-electron chi connectivity index (χ4n) is 1.84. The van der Waals surface area contributed by atoms with E-state index in [0.717, 1.165) is 11.3 Å². The van der Waals surface area contributed by atoms with Crippen LogP contribution < -0.4 is 15.6 Å². The zero-order valence-electron chi connectivity index (χ0n) is 11.2. The van der Waals surface area contributed by atoms with Crippen molar-refractivity contribution in [1.29, 1.82) is 0 Å². The molecule has 2 aromatic rings. The number of aryl methyl sites for hydroxylation is 2. The van der Waals surface area contributed by atoms with Gasteiger partial charge in [0.2, 0.25) is 0 Å². The highest BCUT2D eigenvalue weighted by molar-refractivity contribution is 7.80. The summed E-state index contributed by atoms with van der Waals surface area (Å²) < 4.78 is 0. The summed E-state index contributed by atoms with van der Waals surface area (Å²) in [7, 11) is 0. The summed E-state index contributed by atoms with van der Waals surface area (Å²) in [5.41, 5.74) is 4.65. The quantitative estimate of drug-likeness (QED) is 0.844. The molecule has 4 heteroatoms. The second-order valence-electron chi connectivity index (χ2n) is 4.54. The van der Waals surface area contributed by atoms with Crippen molar-refractivity contribution in [2.24, 2.45) is 0 Å². The summed E-state index contributed by atoms with van der Waals surface area (Å²) in [5.74, 6) is 0. The van der Waals surface area contributed by atoms with Gasteiger partial charge in [-0.05, 0) is 43.8 Å². The molecular formula is C15H18N3S+. The molecule has 0 aliphatic heterocycles. The summed E-state index contributed by atoms with van der Waals surface area (Å²) in [6.45, 7) is 4.86. The lowest BCUT2D eigenvalue weighted by Crippen LogP contribution is -2.28. The number of benzene rings is 1. The van der Waals surface area contributed by atoms with Crippen molar-refractivity contribution in [3.05, 3.63) is 59.4 Å². The first-order valence-corrected chi connectivity index (χ1v) is 6.63. The minimum atomic E-state index is 0.635. The van der Waals surface area contributed by atoms with Crippen molar-refractivity contribution in [2.75, 3.05) is 5.32 Å². The first-order valence-electron chi connectivity index (χ1n) is 6.22. The average Bonchev–Trinajstić information content (AvgIpc) is 2.41. The molecular weight excluding hydrogens is 254 g/mol. The number of nitrogens with one attached hydrogen (secondary N) is 3. The topological polar surface area (TPSA) is 38.2 Å². The Kier molecular flexibility index (Phi) is 4.47. The van der Waals surface area contributed by atoms with Crippen LogP contribution in [0.1, 0.15) is 16.7 Å². The van der Waals surface area contributed by atoms with Crippen molar-refractivity contribution >= 4 is 23.0 Å². The Hall–Kier alpha value is -1.94. The molecule has 1 aromatic carbocycles. The summed E-state index contributed by atoms with van der Waals surface area (Å²) in [5, 5.41) is 7.04. The molecule has 3 nitrogen and oxygen atoms in total. The number of hydrogen-bond acceptors (Lipinski definition) is 1. The Labute approximate surface area is 119 Å². The third kappa shape index (κ3) is 4.03. The van der Waals surface area contributed by atoms with Gasteiger partial charge in [0.05, 0.1) is 0 Å². The van der Waals surface area contributed by atoms with Gasteiger partial charge in [-0.3, -0.25) is 0 Å². The molecule has 1 heterocycles. The van der Waals surface area contributed by atoms with Gasteiger partial charge in [0.15, 0.2) is 17.5 Å². The second kappa shape index (κ2) is 6.29. The number of H-pyrrole nitrogens is 1. The van der Waals surface area contributed by atoms with Crippen LogP contribution in [0.3, 0.4) is 0 Å². The lowest BCUT2D eigenvalue weighted by molar-refractivity contribution is -0.378. The second-order valence-corrected chi connectivity index (χ2v) is 4.95. The minimum Gasteiger partial charge on any atom is -0.358 e. The minimum absolute atomic E-state index is 0.635. The molecule has 0 bridgehead atoms. The fraction of sp³-hybridized carbons (Fsp3) is 0.200. The number of aromatic amines is 1. The number of anilines is 1. The number of hydrogen-bond donors (Lipinski definition) is 2. The van der Waals surface area contributed by atoms with E-state index in [9.17, 15) is 0 Å². The van der Waals surface area contributed by atoms with Gasteiger partial charge < -0.3 is 10.6 Å². The van der Waals surface area contributed by atoms with E-state index in [-0.39, 0.29) is 0 Å². The van der Waals surface area contributed by atoms with Crippen molar-refractivity contribution in [3.63, 3.8) is 0 Å². The van der Waals surface area contributed by atoms with Crippen LogP contribution in [0.2, 0.25) is 0 Å². The van der Waals surface area contributed by atoms with Crippen molar-refractivity contribution in [1.82, 2.24) is 5.32 Å². The maximum absolute atomic E-state index is 5.30. The molecule has 0 fully saturated rings. The molecule has 1 aromatic heterocycles. The smallest absolute Gasteiger partial charge is 0.171 e. The Balaban J connectivity index is 1.91. The zero-order chi connectivity index (χ0) is 13.7. The Morgan fingerprint density at radius 3 is 2.79 bits per heavy atom. The molecule has 0 saturated carbocycles. The van der Waals surface area contributed by atoms with Gasteiger partial charge in [0.25, 0.3) is 0 Å². The molecule has 0 saturated heterocycles. The number of pyridine rings is 1. The molecule has 0 atom stereocenters. The predicted octanol–water partition coefficient (Wildman–Crippen LogP) is 2.60. The molecule has 19 heavy (non-hydrogen) atoms. The standard InChI is InChI=1S/C15H17N3S/c1-11-5-6-14(12(2)8-11)18-15(19)17-10-13-4-3-7-16-9-13/h3-9H,10H2,1-2H3,(H2,17,18,19)/p+1. The lowest BCUT2D eigenvalue weighted by Gasteiger charge is -2.12. The highest BCUT2D eigenvalue weighted by Gasteiger charge is 2.02. The van der Waals surface area contributed by atoms with Gasteiger partial charge in [0, 0.05) is 23.9 Å². The molecule has 0 amide bonds. The predicted molar refractivity (Wildman–Crippen MR) is 82.0 cm³/mol. The highest BCUT2D eigenvalue weighted by Crippen LogP contribution is 2.15. The first kappa shape index (κ1) is 13.5. The third-order valence-electron chi connectivity index (χ3n) is 2.85. The van der Waals surface area contributed by atoms with Gasteiger partial charge >= 0.3 is 0 Å². The van der Waals surface area contributed by atoms with Gasteiger partial charge in [-0.2, -0.15) is 0 Å². The van der Waals surface area contributed by atoms with Crippen LogP contribution in [0, 0.1) is 13.8 Å². The maximum Gasteiger partial charge on any atom is 0.171 e. The molecule has 0 aliphatic rings. The molecule has 0 spiro atoms. The fourth-order valence-corrected chi connectivity index (χ4v) is 2.03. The maximum atomic E-state index is 5.30. The number of thiocarbonyl (C=S) groups is 1. The van der Waals surface area contributed by atoms with E-state index in [4.69, 9.17) is 12.2 Å². The van der Waals surface area contributed by atoms with Gasteiger partial charge in [-0.25, -0.2) is 4.98 Å². The van der Waals surface area contributed by atoms with Crippen molar-refractivity contribution in [2.45, 2.75) is 20.4 Å². The van der Waals surface area contributed by atoms with E-state index < -0.39 is 0 Å². The van der Waals surface area contributed by atoms with Gasteiger partial charge in [-0.15, -0.1) is 0 Å². The molecule has 0 unspecified atom stereocenters. The van der Waals surface area contributed by atoms with E-state index >= 15 is 0 Å². The van der Waals surface area contributed by atoms with E-state index in [1.54, 1.807) is 0 Å². The monoisotopic (exact) mass is 272 g/mol. The van der Waals surface area contributed by atoms with E-state index in [2.05, 4.69) is 47.7 Å². The van der Waals surface area contributed by atoms with Crippen molar-refractivity contribution < 1.29 is 4.98 Å². The third-order valence-corrected chi connectivity index (χ3v) is 3.10. The van der Waals surface area contributed by atoms with Crippen LogP contribution in [-0.4, -0.2) is 5.11 Å². The van der Waals surface area contributed by atoms with Crippen LogP contribution in [0.4, 0.5) is 5.69 Å². The summed E-state index contributed by atoms with van der Waals surface area (Å²) in [6, 6.07) is 10.3. The first-order chi connectivity index (χ1) is 9.15. The van der Waals surface area contributed by atoms with Crippen LogP contribution in [-0.2, 0) is 6.54 Å². The number of aromatic nitrogens is 1. The summed E-state index contributed by atoms with van der Waals surface area (Å²) in [4.78, 5) is 3.05. The van der Waals surface area contributed by atoms with Crippen LogP contribution in [0.25, 0.3) is 0 Å². The number of rotatable bonds is 3. The van der Waals surface area contributed by atoms with E-state index in [1.807, 2.05) is 24.5 Å². The molecule has 0 aliphatic carbocycles. The average molecular weight is 272 g/mol. The van der Waals surface area contributed by atoms with E-state index in [0.29, 0.717) is 11.7 Å². The largest absolute Gasteiger partial charge is 0.358 e. The van der Waals surface area contributed by atoms with E-state index in [1.165, 1.54) is 11.1 Å². The Morgan fingerprint density at radius 2 is 2.11 bits per heavy atom. The van der Waals surface area contributed by atoms with Crippen LogP contribution in [0.15, 0.2) is 42.7 Å². The highest BCUT2D eigenvalue weighted by atomic mass is 32.1. The zero-order valence-corrected chi connectivity index (χ0v) is 12.0. The summed E-state index contributed by atoms with van der Waals surface area (Å²) >= 11 is 5.30. The SMILES string of the molecule is Cc1ccc(NC(=S)NCc2ccc[nH+]c2)c(C)c1. The molecule has 98 valence electrons. The Morgan fingerprint density at radius 1 is 1.26 bits per heavy atom. The Bertz CT molecular complexity index is 567. The van der Waals surface area contributed by atoms with Crippen LogP contribution in [0.5, 0.6) is 0 Å². The molecule has 2 rings (SSSR count). The van der Waals surface area contributed by atoms with Gasteiger partial charge in [-0.1, -0.05) is 17.7 Å². The summed E-state index contributed by atoms with van der Waals surface area (Å²) in [6.07, 6.45) is 3.84. The van der Waals surface area contributed by atoms with Crippen LogP contribution >= 0.6 is 12.2 Å². The molecule has 3 N–H and O–H groups in total. The van der Waals surface area contributed by atoms with Gasteiger partial charge in [0.1, 0.15) is 0 Å².